The van der Waals surface area contributed by atoms with Gasteiger partial charge in [0, 0.05) is 17.5 Å². The predicted molar refractivity (Wildman–Crippen MR) is 88.8 cm³/mol. The number of rotatable bonds is 7. The second kappa shape index (κ2) is 8.15. The molecule has 3 nitrogen and oxygen atoms in total. The molecule has 2 aromatic rings. The molecule has 1 aromatic heterocycles. The van der Waals surface area contributed by atoms with E-state index in [1.807, 2.05) is 29.6 Å². The molecule has 1 aromatic carbocycles. The number of benzene rings is 1. The Morgan fingerprint density at radius 3 is 2.90 bits per heavy atom. The summed E-state index contributed by atoms with van der Waals surface area (Å²) in [5.74, 6) is 0.0297. The van der Waals surface area contributed by atoms with Crippen LogP contribution >= 0.6 is 22.9 Å². The third kappa shape index (κ3) is 4.83. The van der Waals surface area contributed by atoms with Crippen molar-refractivity contribution in [1.29, 1.82) is 0 Å². The molecule has 0 atom stereocenters. The molecule has 5 heteroatoms. The molecular weight excluding hydrogens is 304 g/mol. The van der Waals surface area contributed by atoms with Crippen LogP contribution in [0.1, 0.15) is 31.9 Å². The molecule has 112 valence electrons. The number of nitrogens with one attached hydrogen (secondary N) is 1. The van der Waals surface area contributed by atoms with Crippen molar-refractivity contribution in [3.05, 3.63) is 40.4 Å². The molecule has 2 rings (SSSR count). The van der Waals surface area contributed by atoms with E-state index in [1.54, 1.807) is 0 Å². The minimum Gasteiger partial charge on any atom is -0.356 e. The molecule has 0 aliphatic heterocycles. The fourth-order valence-electron chi connectivity index (χ4n) is 1.98. The zero-order chi connectivity index (χ0) is 15.1. The van der Waals surface area contributed by atoms with Crippen LogP contribution in [-0.4, -0.2) is 17.4 Å². The Morgan fingerprint density at radius 2 is 2.14 bits per heavy atom. The van der Waals surface area contributed by atoms with Crippen molar-refractivity contribution in [3.63, 3.8) is 0 Å². The molecule has 0 radical (unpaired) electrons. The topological polar surface area (TPSA) is 42.0 Å². The van der Waals surface area contributed by atoms with Crippen LogP contribution in [0.15, 0.2) is 29.6 Å². The summed E-state index contributed by atoms with van der Waals surface area (Å²) < 4.78 is 0. The van der Waals surface area contributed by atoms with E-state index in [2.05, 4.69) is 17.2 Å². The highest BCUT2D eigenvalue weighted by molar-refractivity contribution is 7.13. The third-order valence-corrected chi connectivity index (χ3v) is 4.35. The Balaban J connectivity index is 1.91. The summed E-state index contributed by atoms with van der Waals surface area (Å²) in [5.41, 5.74) is 1.71. The molecule has 1 amide bonds. The van der Waals surface area contributed by atoms with E-state index in [0.717, 1.165) is 42.1 Å². The number of amides is 1. The highest BCUT2D eigenvalue weighted by Crippen LogP contribution is 2.30. The number of carbonyl (C=O) groups is 1. The van der Waals surface area contributed by atoms with Gasteiger partial charge in [0.2, 0.25) is 5.91 Å². The molecule has 1 heterocycles. The molecule has 0 saturated heterocycles. The summed E-state index contributed by atoms with van der Waals surface area (Å²) in [6, 6.07) is 7.61. The van der Waals surface area contributed by atoms with Gasteiger partial charge in [-0.1, -0.05) is 49.6 Å². The minimum atomic E-state index is 0.0297. The predicted octanol–water partition coefficient (Wildman–Crippen LogP) is 4.31. The molecule has 0 unspecified atom stereocenters. The van der Waals surface area contributed by atoms with Gasteiger partial charge in [0.05, 0.1) is 17.1 Å². The number of aromatic nitrogens is 1. The van der Waals surface area contributed by atoms with Crippen molar-refractivity contribution < 1.29 is 4.79 Å². The van der Waals surface area contributed by atoms with Crippen LogP contribution in [0.25, 0.3) is 10.6 Å². The molecule has 0 bridgehead atoms. The van der Waals surface area contributed by atoms with E-state index in [1.165, 1.54) is 11.3 Å². The van der Waals surface area contributed by atoms with Gasteiger partial charge in [0.25, 0.3) is 0 Å². The number of thiazole rings is 1. The van der Waals surface area contributed by atoms with Gasteiger partial charge in [-0.05, 0) is 12.5 Å². The second-order valence-corrected chi connectivity index (χ2v) is 6.12. The zero-order valence-electron chi connectivity index (χ0n) is 12.1. The summed E-state index contributed by atoms with van der Waals surface area (Å²) in [7, 11) is 0. The van der Waals surface area contributed by atoms with Crippen LogP contribution in [0.2, 0.25) is 5.02 Å². The molecule has 0 spiro atoms. The largest absolute Gasteiger partial charge is 0.356 e. The number of carbonyl (C=O) groups excluding carboxylic acids is 1. The maximum Gasteiger partial charge on any atom is 0.226 e. The first-order valence-electron chi connectivity index (χ1n) is 7.16. The Bertz CT molecular complexity index is 597. The normalized spacial score (nSPS) is 10.6. The molecule has 0 fully saturated rings. The molecule has 1 N–H and O–H groups in total. The van der Waals surface area contributed by atoms with Gasteiger partial charge < -0.3 is 5.32 Å². The van der Waals surface area contributed by atoms with Crippen molar-refractivity contribution in [2.24, 2.45) is 0 Å². The second-order valence-electron chi connectivity index (χ2n) is 4.86. The van der Waals surface area contributed by atoms with Crippen LogP contribution < -0.4 is 5.32 Å². The lowest BCUT2D eigenvalue weighted by molar-refractivity contribution is -0.120. The van der Waals surface area contributed by atoms with Crippen LogP contribution in [0, 0.1) is 0 Å². The van der Waals surface area contributed by atoms with Gasteiger partial charge in [-0.25, -0.2) is 4.98 Å². The summed E-state index contributed by atoms with van der Waals surface area (Å²) in [6.45, 7) is 2.89. The van der Waals surface area contributed by atoms with Gasteiger partial charge in [-0.2, -0.15) is 0 Å². The van der Waals surface area contributed by atoms with Gasteiger partial charge in [0.15, 0.2) is 0 Å². The Morgan fingerprint density at radius 1 is 1.33 bits per heavy atom. The quantitative estimate of drug-likeness (QED) is 0.772. The van der Waals surface area contributed by atoms with E-state index in [9.17, 15) is 4.79 Å². The first-order valence-corrected chi connectivity index (χ1v) is 8.42. The van der Waals surface area contributed by atoms with Crippen LogP contribution in [-0.2, 0) is 11.2 Å². The highest BCUT2D eigenvalue weighted by Gasteiger charge is 2.10. The van der Waals surface area contributed by atoms with Crippen LogP contribution in [0.5, 0.6) is 0 Å². The number of hydrogen-bond donors (Lipinski definition) is 1. The molecule has 0 saturated carbocycles. The van der Waals surface area contributed by atoms with Crippen molar-refractivity contribution in [2.45, 2.75) is 32.6 Å². The molecule has 0 aliphatic carbocycles. The standard InChI is InChI=1S/C16H19ClN2OS/c1-2-3-6-9-18-15(20)10-12-11-21-16(19-12)13-7-4-5-8-14(13)17/h4-5,7-8,11H,2-3,6,9-10H2,1H3,(H,18,20). The number of halogens is 1. The maximum absolute atomic E-state index is 11.8. The minimum absolute atomic E-state index is 0.0297. The SMILES string of the molecule is CCCCCNC(=O)Cc1csc(-c2ccccc2Cl)n1. The van der Waals surface area contributed by atoms with Gasteiger partial charge in [0.1, 0.15) is 5.01 Å². The van der Waals surface area contributed by atoms with Crippen molar-refractivity contribution in [3.8, 4) is 10.6 Å². The fraction of sp³-hybridized carbons (Fsp3) is 0.375. The van der Waals surface area contributed by atoms with Crippen LogP contribution in [0.3, 0.4) is 0 Å². The number of unbranched alkanes of at least 4 members (excludes halogenated alkanes) is 2. The van der Waals surface area contributed by atoms with Gasteiger partial charge in [-0.15, -0.1) is 11.3 Å². The first-order chi connectivity index (χ1) is 10.2. The summed E-state index contributed by atoms with van der Waals surface area (Å²) in [6.07, 6.45) is 3.66. The summed E-state index contributed by atoms with van der Waals surface area (Å²) >= 11 is 7.67. The fourth-order valence-corrected chi connectivity index (χ4v) is 3.12. The summed E-state index contributed by atoms with van der Waals surface area (Å²) in [5, 5.41) is 6.39. The molecule has 21 heavy (non-hydrogen) atoms. The summed E-state index contributed by atoms with van der Waals surface area (Å²) in [4.78, 5) is 16.3. The van der Waals surface area contributed by atoms with Crippen LogP contribution in [0.4, 0.5) is 0 Å². The van der Waals surface area contributed by atoms with Gasteiger partial charge in [-0.3, -0.25) is 4.79 Å². The Labute approximate surface area is 134 Å². The van der Waals surface area contributed by atoms with E-state index in [-0.39, 0.29) is 5.91 Å². The number of hydrogen-bond acceptors (Lipinski definition) is 3. The average molecular weight is 323 g/mol. The first kappa shape index (κ1) is 16.0. The molecular formula is C16H19ClN2OS. The van der Waals surface area contributed by atoms with Gasteiger partial charge >= 0.3 is 0 Å². The highest BCUT2D eigenvalue weighted by atomic mass is 35.5. The average Bonchev–Trinajstić information content (AvgIpc) is 2.92. The lowest BCUT2D eigenvalue weighted by Gasteiger charge is -2.03. The van der Waals surface area contributed by atoms with Crippen molar-refractivity contribution in [1.82, 2.24) is 10.3 Å². The van der Waals surface area contributed by atoms with Crippen molar-refractivity contribution >= 4 is 28.8 Å². The maximum atomic E-state index is 11.8. The number of nitrogens with zero attached hydrogens (tertiary/aromatic N) is 1. The Kier molecular flexibility index (Phi) is 6.21. The smallest absolute Gasteiger partial charge is 0.226 e. The van der Waals surface area contributed by atoms with E-state index < -0.39 is 0 Å². The van der Waals surface area contributed by atoms with E-state index >= 15 is 0 Å². The zero-order valence-corrected chi connectivity index (χ0v) is 13.6. The third-order valence-electron chi connectivity index (χ3n) is 3.10. The lowest BCUT2D eigenvalue weighted by atomic mass is 10.2. The van der Waals surface area contributed by atoms with Crippen molar-refractivity contribution in [2.75, 3.05) is 6.54 Å². The molecule has 0 aliphatic rings. The van der Waals surface area contributed by atoms with E-state index in [0.29, 0.717) is 11.4 Å². The Hall–Kier alpha value is -1.39. The lowest BCUT2D eigenvalue weighted by Crippen LogP contribution is -2.26. The van der Waals surface area contributed by atoms with E-state index in [4.69, 9.17) is 11.6 Å². The monoisotopic (exact) mass is 322 g/mol.